The zero-order chi connectivity index (χ0) is 12.5. The topological polar surface area (TPSA) is 42.8 Å². The number of nitrogens with zero attached hydrogens (tertiary/aromatic N) is 2. The number of imidazole rings is 1. The van der Waals surface area contributed by atoms with Crippen molar-refractivity contribution in [3.05, 3.63) is 39.6 Å². The first-order valence-electron chi connectivity index (χ1n) is 5.43. The van der Waals surface area contributed by atoms with Crippen molar-refractivity contribution in [1.29, 1.82) is 0 Å². The van der Waals surface area contributed by atoms with Gasteiger partial charge in [0.15, 0.2) is 4.77 Å². The van der Waals surface area contributed by atoms with Crippen LogP contribution in [0, 0.1) is 4.77 Å². The quantitative estimate of drug-likeness (QED) is 0.748. The van der Waals surface area contributed by atoms with Gasteiger partial charge in [-0.25, -0.2) is 4.98 Å². The monoisotopic (exact) mass is 277 g/mol. The Morgan fingerprint density at radius 2 is 2.39 bits per heavy atom. The van der Waals surface area contributed by atoms with Crippen molar-refractivity contribution >= 4 is 34.6 Å². The van der Waals surface area contributed by atoms with Crippen LogP contribution >= 0.6 is 23.6 Å². The second kappa shape index (κ2) is 4.55. The van der Waals surface area contributed by atoms with Crippen molar-refractivity contribution in [1.82, 2.24) is 14.5 Å². The molecule has 0 radical (unpaired) electrons. The van der Waals surface area contributed by atoms with Gasteiger partial charge in [-0.15, -0.1) is 11.3 Å². The summed E-state index contributed by atoms with van der Waals surface area (Å²) in [5.41, 5.74) is 2.05. The zero-order valence-electron chi connectivity index (χ0n) is 9.71. The Morgan fingerprint density at radius 3 is 3.11 bits per heavy atom. The highest BCUT2D eigenvalue weighted by molar-refractivity contribution is 7.71. The van der Waals surface area contributed by atoms with Gasteiger partial charge in [-0.05, 0) is 24.4 Å². The molecule has 3 rings (SSSR count). The van der Waals surface area contributed by atoms with E-state index in [4.69, 9.17) is 17.0 Å². The normalized spacial score (nSPS) is 10.9. The van der Waals surface area contributed by atoms with Gasteiger partial charge in [-0.1, -0.05) is 0 Å². The van der Waals surface area contributed by atoms with E-state index in [2.05, 4.69) is 9.97 Å². The lowest BCUT2D eigenvalue weighted by molar-refractivity contribution is 0.415. The van der Waals surface area contributed by atoms with Crippen LogP contribution in [0.5, 0.6) is 5.75 Å². The van der Waals surface area contributed by atoms with Crippen molar-refractivity contribution < 1.29 is 4.74 Å². The third-order valence-electron chi connectivity index (χ3n) is 2.76. The lowest BCUT2D eigenvalue weighted by atomic mass is 10.3. The molecule has 0 spiro atoms. The summed E-state index contributed by atoms with van der Waals surface area (Å²) in [5, 5.41) is 3.01. The molecule has 6 heteroatoms. The zero-order valence-corrected chi connectivity index (χ0v) is 11.3. The van der Waals surface area contributed by atoms with E-state index in [1.807, 2.05) is 34.3 Å². The number of H-pyrrole nitrogens is 1. The Balaban J connectivity index is 2.11. The number of rotatable bonds is 3. The lowest BCUT2D eigenvalue weighted by Crippen LogP contribution is -1.98. The fourth-order valence-electron chi connectivity index (χ4n) is 1.89. The average Bonchev–Trinajstić information content (AvgIpc) is 2.98. The summed E-state index contributed by atoms with van der Waals surface area (Å²) >= 11 is 6.98. The number of thiazole rings is 1. The molecular formula is C12H11N3OS2. The van der Waals surface area contributed by atoms with Gasteiger partial charge in [0.1, 0.15) is 10.8 Å². The molecule has 0 aliphatic rings. The molecule has 0 bridgehead atoms. The van der Waals surface area contributed by atoms with Crippen molar-refractivity contribution in [3.63, 3.8) is 0 Å². The maximum Gasteiger partial charge on any atom is 0.178 e. The van der Waals surface area contributed by atoms with Gasteiger partial charge < -0.3 is 14.3 Å². The summed E-state index contributed by atoms with van der Waals surface area (Å²) in [7, 11) is 1.66. The highest BCUT2D eigenvalue weighted by Crippen LogP contribution is 2.21. The van der Waals surface area contributed by atoms with Gasteiger partial charge in [0.2, 0.25) is 0 Å². The summed E-state index contributed by atoms with van der Waals surface area (Å²) in [6.07, 6.45) is 1.81. The number of aromatic nitrogens is 3. The van der Waals surface area contributed by atoms with Gasteiger partial charge in [0, 0.05) is 17.6 Å². The fourth-order valence-corrected chi connectivity index (χ4v) is 2.77. The van der Waals surface area contributed by atoms with E-state index >= 15 is 0 Å². The average molecular weight is 277 g/mol. The number of methoxy groups -OCH3 is 1. The molecule has 0 atom stereocenters. The third kappa shape index (κ3) is 1.93. The Hall–Kier alpha value is -1.66. The molecule has 0 amide bonds. The van der Waals surface area contributed by atoms with E-state index in [0.29, 0.717) is 11.3 Å². The maximum absolute atomic E-state index is 5.35. The molecule has 2 aromatic heterocycles. The van der Waals surface area contributed by atoms with Crippen LogP contribution in [0.2, 0.25) is 0 Å². The van der Waals surface area contributed by atoms with E-state index in [1.54, 1.807) is 18.4 Å². The van der Waals surface area contributed by atoms with Gasteiger partial charge in [0.25, 0.3) is 0 Å². The predicted octanol–water partition coefficient (Wildman–Crippen LogP) is 3.21. The molecular weight excluding hydrogens is 266 g/mol. The van der Waals surface area contributed by atoms with Gasteiger partial charge in [-0.3, -0.25) is 0 Å². The van der Waals surface area contributed by atoms with E-state index in [0.717, 1.165) is 21.8 Å². The van der Waals surface area contributed by atoms with E-state index in [1.165, 1.54) is 0 Å². The Morgan fingerprint density at radius 1 is 1.50 bits per heavy atom. The van der Waals surface area contributed by atoms with E-state index in [-0.39, 0.29) is 0 Å². The van der Waals surface area contributed by atoms with Crippen LogP contribution in [0.4, 0.5) is 0 Å². The van der Waals surface area contributed by atoms with Gasteiger partial charge in [0.05, 0.1) is 24.7 Å². The van der Waals surface area contributed by atoms with E-state index in [9.17, 15) is 0 Å². The van der Waals surface area contributed by atoms with Crippen LogP contribution in [0.15, 0.2) is 29.8 Å². The standard InChI is InChI=1S/C12H11N3OS2/c1-16-8-2-3-10-9(6-8)14-12(17)15(10)7-11-13-4-5-18-11/h2-6H,7H2,1H3,(H,14,17). The molecule has 1 aromatic carbocycles. The molecule has 0 aliphatic carbocycles. The number of fused-ring (bicyclic) bond motifs is 1. The minimum absolute atomic E-state index is 0.697. The molecule has 1 N–H and O–H groups in total. The first-order valence-corrected chi connectivity index (χ1v) is 6.71. The number of benzene rings is 1. The van der Waals surface area contributed by atoms with Gasteiger partial charge >= 0.3 is 0 Å². The highest BCUT2D eigenvalue weighted by Gasteiger charge is 2.07. The van der Waals surface area contributed by atoms with Crippen LogP contribution in [0.1, 0.15) is 5.01 Å². The van der Waals surface area contributed by atoms with Crippen LogP contribution in [-0.4, -0.2) is 21.6 Å². The first-order chi connectivity index (χ1) is 8.78. The lowest BCUT2D eigenvalue weighted by Gasteiger charge is -2.02. The van der Waals surface area contributed by atoms with Gasteiger partial charge in [-0.2, -0.15) is 0 Å². The molecule has 2 heterocycles. The molecule has 0 saturated heterocycles. The molecule has 92 valence electrons. The minimum Gasteiger partial charge on any atom is -0.497 e. The molecule has 0 fully saturated rings. The Labute approximate surface area is 113 Å². The molecule has 0 aliphatic heterocycles. The minimum atomic E-state index is 0.697. The SMILES string of the molecule is COc1ccc2c(c1)[nH]c(=S)n2Cc1nccs1. The Bertz CT molecular complexity index is 727. The smallest absolute Gasteiger partial charge is 0.178 e. The molecule has 3 aromatic rings. The van der Waals surface area contributed by atoms with Crippen LogP contribution in [0.25, 0.3) is 11.0 Å². The van der Waals surface area contributed by atoms with Crippen molar-refractivity contribution in [2.24, 2.45) is 0 Å². The van der Waals surface area contributed by atoms with Crippen LogP contribution < -0.4 is 4.74 Å². The highest BCUT2D eigenvalue weighted by atomic mass is 32.1. The van der Waals surface area contributed by atoms with Crippen molar-refractivity contribution in [3.8, 4) is 5.75 Å². The second-order valence-corrected chi connectivity index (χ2v) is 5.19. The third-order valence-corrected chi connectivity index (χ3v) is 3.84. The summed E-state index contributed by atoms with van der Waals surface area (Å²) in [6, 6.07) is 5.89. The van der Waals surface area contributed by atoms with Crippen LogP contribution in [0.3, 0.4) is 0 Å². The summed E-state index contributed by atoms with van der Waals surface area (Å²) in [4.78, 5) is 7.47. The number of hydrogen-bond acceptors (Lipinski definition) is 4. The Kier molecular flexibility index (Phi) is 2.89. The summed E-state index contributed by atoms with van der Waals surface area (Å²) in [5.74, 6) is 0.820. The van der Waals surface area contributed by atoms with Crippen LogP contribution in [-0.2, 0) is 6.54 Å². The number of nitrogens with one attached hydrogen (secondary N) is 1. The number of aromatic amines is 1. The molecule has 18 heavy (non-hydrogen) atoms. The molecule has 0 saturated carbocycles. The molecule has 4 nitrogen and oxygen atoms in total. The predicted molar refractivity (Wildman–Crippen MR) is 74.9 cm³/mol. The number of hydrogen-bond donors (Lipinski definition) is 1. The van der Waals surface area contributed by atoms with E-state index < -0.39 is 0 Å². The first kappa shape index (κ1) is 11.4. The second-order valence-electron chi connectivity index (χ2n) is 3.83. The van der Waals surface area contributed by atoms with Crippen molar-refractivity contribution in [2.45, 2.75) is 6.54 Å². The summed E-state index contributed by atoms with van der Waals surface area (Å²) in [6.45, 7) is 0.697. The summed E-state index contributed by atoms with van der Waals surface area (Å²) < 4.78 is 7.95. The fraction of sp³-hybridized carbons (Fsp3) is 0.167. The largest absolute Gasteiger partial charge is 0.497 e. The maximum atomic E-state index is 5.35. The molecule has 0 unspecified atom stereocenters. The number of ether oxygens (including phenoxy) is 1. The van der Waals surface area contributed by atoms with Crippen molar-refractivity contribution in [2.75, 3.05) is 7.11 Å².